The Morgan fingerprint density at radius 3 is 2.60 bits per heavy atom. The molecule has 2 N–H and O–H groups in total. The molecule has 1 aromatic carbocycles. The van der Waals surface area contributed by atoms with Gasteiger partial charge in [0.1, 0.15) is 4.90 Å². The van der Waals surface area contributed by atoms with E-state index in [1.807, 2.05) is 6.92 Å². The van der Waals surface area contributed by atoms with Gasteiger partial charge in [0, 0.05) is 6.54 Å². The van der Waals surface area contributed by atoms with Crippen molar-refractivity contribution < 1.29 is 13.0 Å². The van der Waals surface area contributed by atoms with Gasteiger partial charge in [-0.25, -0.2) is 4.79 Å². The highest BCUT2D eigenvalue weighted by atomic mass is 32.2. The lowest BCUT2D eigenvalue weighted by molar-refractivity contribution is 0.484. The molecular weight excluding hydrogens is 284 g/mol. The zero-order chi connectivity index (χ0) is 14.9. The number of rotatable bonds is 4. The fourth-order valence-electron chi connectivity index (χ4n) is 2.06. The molecule has 8 heteroatoms. The third-order valence-corrected chi connectivity index (χ3v) is 3.90. The zero-order valence-corrected chi connectivity index (χ0v) is 11.6. The predicted octanol–water partition coefficient (Wildman–Crippen LogP) is 0.737. The molecule has 0 spiro atoms. The lowest BCUT2D eigenvalue weighted by atomic mass is 10.2. The fraction of sp³-hybridized carbons (Fsp3) is 0.333. The van der Waals surface area contributed by atoms with Crippen molar-refractivity contribution in [3.05, 3.63) is 39.0 Å². The molecule has 0 saturated heterocycles. The van der Waals surface area contributed by atoms with Crippen LogP contribution in [0, 0.1) is 0 Å². The summed E-state index contributed by atoms with van der Waals surface area (Å²) >= 11 is 0. The number of fused-ring (bicyclic) bond motifs is 1. The minimum Gasteiger partial charge on any atom is -0.293 e. The van der Waals surface area contributed by atoms with E-state index in [9.17, 15) is 22.6 Å². The minimum absolute atomic E-state index is 0.197. The summed E-state index contributed by atoms with van der Waals surface area (Å²) in [6, 6.07) is 3.99. The Morgan fingerprint density at radius 2 is 2.00 bits per heavy atom. The Bertz CT molecular complexity index is 864. The number of hydrogen-bond donors (Lipinski definition) is 2. The molecule has 0 aliphatic heterocycles. The SMILES string of the molecule is CCCCn1c(=O)[nH]c(=O)c2c(S(=O)(=O)O)cccc21. The van der Waals surface area contributed by atoms with Gasteiger partial charge in [-0.3, -0.25) is 18.9 Å². The Labute approximate surface area is 114 Å². The van der Waals surface area contributed by atoms with Crippen molar-refractivity contribution >= 4 is 21.0 Å². The smallest absolute Gasteiger partial charge is 0.293 e. The average Bonchev–Trinajstić information content (AvgIpc) is 2.36. The van der Waals surface area contributed by atoms with Gasteiger partial charge in [-0.15, -0.1) is 0 Å². The molecule has 0 bridgehead atoms. The van der Waals surface area contributed by atoms with E-state index in [-0.39, 0.29) is 10.9 Å². The first-order valence-electron chi connectivity index (χ1n) is 6.09. The van der Waals surface area contributed by atoms with Crippen molar-refractivity contribution in [2.75, 3.05) is 0 Å². The number of H-pyrrole nitrogens is 1. The van der Waals surface area contributed by atoms with Crippen LogP contribution in [0.15, 0.2) is 32.7 Å². The largest absolute Gasteiger partial charge is 0.328 e. The first-order chi connectivity index (χ1) is 9.36. The van der Waals surface area contributed by atoms with Gasteiger partial charge in [0.25, 0.3) is 15.7 Å². The maximum Gasteiger partial charge on any atom is 0.328 e. The Morgan fingerprint density at radius 1 is 1.30 bits per heavy atom. The third kappa shape index (κ3) is 2.52. The molecule has 108 valence electrons. The standard InChI is InChI=1S/C12H14N2O5S/c1-2-3-7-14-8-5-4-6-9(20(17,18)19)10(8)11(15)13-12(14)16/h4-6H,2-3,7H2,1H3,(H,13,15,16)(H,17,18,19). The number of hydrogen-bond acceptors (Lipinski definition) is 4. The van der Waals surface area contributed by atoms with Crippen LogP contribution in [0.2, 0.25) is 0 Å². The number of aromatic amines is 1. The third-order valence-electron chi connectivity index (χ3n) is 3.00. The molecule has 7 nitrogen and oxygen atoms in total. The van der Waals surface area contributed by atoms with Crippen LogP contribution in [0.4, 0.5) is 0 Å². The number of benzene rings is 1. The van der Waals surface area contributed by atoms with E-state index >= 15 is 0 Å². The maximum atomic E-state index is 11.8. The van der Waals surface area contributed by atoms with E-state index in [4.69, 9.17) is 0 Å². The van der Waals surface area contributed by atoms with Crippen molar-refractivity contribution in [2.24, 2.45) is 0 Å². The molecule has 0 aliphatic carbocycles. The van der Waals surface area contributed by atoms with Crippen LogP contribution in [0.25, 0.3) is 10.9 Å². The monoisotopic (exact) mass is 298 g/mol. The van der Waals surface area contributed by atoms with E-state index in [0.717, 1.165) is 12.5 Å². The van der Waals surface area contributed by atoms with Crippen LogP contribution in [0.3, 0.4) is 0 Å². The van der Waals surface area contributed by atoms with Crippen molar-refractivity contribution in [2.45, 2.75) is 31.2 Å². The molecule has 2 aromatic rings. The lowest BCUT2D eigenvalue weighted by Gasteiger charge is -2.10. The Kier molecular flexibility index (Phi) is 3.78. The van der Waals surface area contributed by atoms with Gasteiger partial charge in [-0.1, -0.05) is 19.4 Å². The predicted molar refractivity (Wildman–Crippen MR) is 73.6 cm³/mol. The molecule has 0 aliphatic rings. The van der Waals surface area contributed by atoms with Gasteiger partial charge >= 0.3 is 5.69 Å². The first-order valence-corrected chi connectivity index (χ1v) is 7.53. The quantitative estimate of drug-likeness (QED) is 0.809. The number of aromatic nitrogens is 2. The molecule has 20 heavy (non-hydrogen) atoms. The summed E-state index contributed by atoms with van der Waals surface area (Å²) < 4.78 is 33.1. The second-order valence-electron chi connectivity index (χ2n) is 4.39. The van der Waals surface area contributed by atoms with E-state index in [0.29, 0.717) is 13.0 Å². The van der Waals surface area contributed by atoms with Crippen LogP contribution >= 0.6 is 0 Å². The average molecular weight is 298 g/mol. The number of nitrogens with one attached hydrogen (secondary N) is 1. The topological polar surface area (TPSA) is 109 Å². The van der Waals surface area contributed by atoms with Crippen molar-refractivity contribution in [1.82, 2.24) is 9.55 Å². The minimum atomic E-state index is -4.54. The summed E-state index contributed by atoms with van der Waals surface area (Å²) in [5.74, 6) is 0. The zero-order valence-electron chi connectivity index (χ0n) is 10.8. The summed E-state index contributed by atoms with van der Waals surface area (Å²) in [4.78, 5) is 25.2. The van der Waals surface area contributed by atoms with Crippen LogP contribution < -0.4 is 11.2 Å². The molecule has 0 unspecified atom stereocenters. The molecular formula is C12H14N2O5S. The van der Waals surface area contributed by atoms with E-state index < -0.39 is 26.3 Å². The van der Waals surface area contributed by atoms with Crippen LogP contribution in [-0.2, 0) is 16.7 Å². The summed E-state index contributed by atoms with van der Waals surface area (Å²) in [6.07, 6.45) is 1.54. The highest BCUT2D eigenvalue weighted by molar-refractivity contribution is 7.86. The first kappa shape index (κ1) is 14.5. The molecule has 0 radical (unpaired) electrons. The van der Waals surface area contributed by atoms with Crippen molar-refractivity contribution in [1.29, 1.82) is 0 Å². The van der Waals surface area contributed by atoms with Gasteiger partial charge < -0.3 is 0 Å². The second-order valence-corrected chi connectivity index (χ2v) is 5.78. The maximum absolute atomic E-state index is 11.8. The molecule has 1 heterocycles. The lowest BCUT2D eigenvalue weighted by Crippen LogP contribution is -2.31. The van der Waals surface area contributed by atoms with Gasteiger partial charge in [0.05, 0.1) is 10.9 Å². The van der Waals surface area contributed by atoms with Gasteiger partial charge in [0.15, 0.2) is 0 Å². The molecule has 0 fully saturated rings. The summed E-state index contributed by atoms with van der Waals surface area (Å²) in [6.45, 7) is 2.31. The van der Waals surface area contributed by atoms with E-state index in [2.05, 4.69) is 4.98 Å². The molecule has 2 rings (SSSR count). The second kappa shape index (κ2) is 5.22. The fourth-order valence-corrected chi connectivity index (χ4v) is 2.77. The van der Waals surface area contributed by atoms with E-state index in [1.54, 1.807) is 0 Å². The summed E-state index contributed by atoms with van der Waals surface area (Å²) in [7, 11) is -4.54. The Hall–Kier alpha value is -1.93. The molecule has 0 amide bonds. The number of nitrogens with zero attached hydrogens (tertiary/aromatic N) is 1. The van der Waals surface area contributed by atoms with Crippen molar-refractivity contribution in [3.63, 3.8) is 0 Å². The Balaban J connectivity index is 2.92. The number of unbranched alkanes of at least 4 members (excludes halogenated alkanes) is 1. The van der Waals surface area contributed by atoms with Crippen LogP contribution in [-0.4, -0.2) is 22.5 Å². The molecule has 1 aromatic heterocycles. The normalized spacial score (nSPS) is 11.9. The van der Waals surface area contributed by atoms with Crippen molar-refractivity contribution in [3.8, 4) is 0 Å². The van der Waals surface area contributed by atoms with E-state index in [1.165, 1.54) is 16.7 Å². The van der Waals surface area contributed by atoms with Gasteiger partial charge in [-0.05, 0) is 18.6 Å². The summed E-state index contributed by atoms with van der Waals surface area (Å²) in [5, 5.41) is -0.203. The molecule has 0 atom stereocenters. The van der Waals surface area contributed by atoms with Crippen LogP contribution in [0.5, 0.6) is 0 Å². The van der Waals surface area contributed by atoms with Gasteiger partial charge in [0.2, 0.25) is 0 Å². The summed E-state index contributed by atoms with van der Waals surface area (Å²) in [5.41, 5.74) is -1.23. The molecule has 0 saturated carbocycles. The highest BCUT2D eigenvalue weighted by Gasteiger charge is 2.18. The van der Waals surface area contributed by atoms with Gasteiger partial charge in [-0.2, -0.15) is 8.42 Å². The highest BCUT2D eigenvalue weighted by Crippen LogP contribution is 2.18. The number of aryl methyl sites for hydroxylation is 1. The van der Waals surface area contributed by atoms with Crippen LogP contribution in [0.1, 0.15) is 19.8 Å².